The van der Waals surface area contributed by atoms with Crippen LogP contribution in [0.5, 0.6) is 0 Å². The van der Waals surface area contributed by atoms with E-state index < -0.39 is 6.10 Å². The van der Waals surface area contributed by atoms with E-state index in [1.807, 2.05) is 16.9 Å². The molecule has 1 atom stereocenters. The zero-order valence-corrected chi connectivity index (χ0v) is 13.2. The van der Waals surface area contributed by atoms with Gasteiger partial charge in [0.2, 0.25) is 0 Å². The quantitative estimate of drug-likeness (QED) is 0.825. The Morgan fingerprint density at radius 3 is 2.32 bits per heavy atom. The van der Waals surface area contributed by atoms with Crippen molar-refractivity contribution in [2.24, 2.45) is 0 Å². The van der Waals surface area contributed by atoms with Crippen molar-refractivity contribution < 1.29 is 5.11 Å². The van der Waals surface area contributed by atoms with Gasteiger partial charge in [-0.3, -0.25) is 9.58 Å². The summed E-state index contributed by atoms with van der Waals surface area (Å²) in [7, 11) is 0. The van der Waals surface area contributed by atoms with E-state index in [1.54, 1.807) is 0 Å². The third-order valence-electron chi connectivity index (χ3n) is 3.99. The molecule has 4 heteroatoms. The molecule has 0 fully saturated rings. The molecule has 1 unspecified atom stereocenters. The number of nitrogens with zero attached hydrogens (tertiary/aromatic N) is 3. The van der Waals surface area contributed by atoms with Crippen LogP contribution in [0.3, 0.4) is 0 Å². The zero-order chi connectivity index (χ0) is 14.6. The number of aliphatic hydroxyl groups excluding tert-OH is 1. The molecule has 1 aromatic rings. The van der Waals surface area contributed by atoms with E-state index in [-0.39, 0.29) is 5.54 Å². The molecule has 0 aliphatic rings. The summed E-state index contributed by atoms with van der Waals surface area (Å²) < 4.78 is 1.94. The van der Waals surface area contributed by atoms with E-state index in [1.165, 1.54) is 0 Å². The summed E-state index contributed by atoms with van der Waals surface area (Å²) in [6.07, 6.45) is 2.17. The molecule has 1 heterocycles. The Hall–Kier alpha value is -0.870. The Kier molecular flexibility index (Phi) is 5.56. The van der Waals surface area contributed by atoms with Gasteiger partial charge in [0.25, 0.3) is 0 Å². The number of likely N-dealkylation sites (N-methyl/N-ethyl adjacent to an activating group) is 1. The van der Waals surface area contributed by atoms with E-state index in [4.69, 9.17) is 0 Å². The van der Waals surface area contributed by atoms with Crippen LogP contribution in [0.4, 0.5) is 0 Å². The van der Waals surface area contributed by atoms with Gasteiger partial charge >= 0.3 is 0 Å². The van der Waals surface area contributed by atoms with Crippen molar-refractivity contribution in [3.05, 3.63) is 18.0 Å². The van der Waals surface area contributed by atoms with Gasteiger partial charge in [-0.15, -0.1) is 0 Å². The minimum absolute atomic E-state index is 0.231. The fourth-order valence-corrected chi connectivity index (χ4v) is 2.47. The molecule has 0 bridgehead atoms. The second-order valence-corrected chi connectivity index (χ2v) is 5.93. The lowest BCUT2D eigenvalue weighted by Crippen LogP contribution is -2.53. The highest BCUT2D eigenvalue weighted by atomic mass is 16.3. The van der Waals surface area contributed by atoms with E-state index in [0.717, 1.165) is 18.8 Å². The molecule has 110 valence electrons. The molecule has 1 rings (SSSR count). The first-order valence-corrected chi connectivity index (χ1v) is 7.30. The summed E-state index contributed by atoms with van der Waals surface area (Å²) in [6, 6.07) is 2.36. The van der Waals surface area contributed by atoms with Crippen LogP contribution < -0.4 is 0 Å². The maximum absolute atomic E-state index is 10.5. The van der Waals surface area contributed by atoms with Crippen LogP contribution in [0.15, 0.2) is 12.3 Å². The number of rotatable bonds is 7. The van der Waals surface area contributed by atoms with Gasteiger partial charge in [0.1, 0.15) is 0 Å². The Morgan fingerprint density at radius 2 is 1.89 bits per heavy atom. The highest BCUT2D eigenvalue weighted by Crippen LogP contribution is 2.21. The Bertz CT molecular complexity index is 380. The maximum Gasteiger partial charge on any atom is 0.0774 e. The number of hydrogen-bond acceptors (Lipinski definition) is 3. The standard InChI is InChI=1S/C15H29N3O/c1-7-17(8-2)15(5,6)14(19)11-13-9-10-18(16-13)12(3)4/h9-10,12,14,19H,7-8,11H2,1-6H3. The van der Waals surface area contributed by atoms with E-state index in [2.05, 4.69) is 51.5 Å². The van der Waals surface area contributed by atoms with Crippen molar-refractivity contribution in [2.45, 2.75) is 65.6 Å². The van der Waals surface area contributed by atoms with Gasteiger partial charge < -0.3 is 5.11 Å². The molecule has 0 radical (unpaired) electrons. The Balaban J connectivity index is 2.74. The van der Waals surface area contributed by atoms with Crippen molar-refractivity contribution in [3.8, 4) is 0 Å². The lowest BCUT2D eigenvalue weighted by molar-refractivity contribution is -0.00472. The van der Waals surface area contributed by atoms with Crippen molar-refractivity contribution in [1.29, 1.82) is 0 Å². The minimum atomic E-state index is -0.414. The van der Waals surface area contributed by atoms with Gasteiger partial charge in [-0.2, -0.15) is 5.10 Å². The molecule has 0 aliphatic heterocycles. The maximum atomic E-state index is 10.5. The number of aliphatic hydroxyl groups is 1. The van der Waals surface area contributed by atoms with Crippen LogP contribution >= 0.6 is 0 Å². The summed E-state index contributed by atoms with van der Waals surface area (Å²) >= 11 is 0. The summed E-state index contributed by atoms with van der Waals surface area (Å²) in [6.45, 7) is 14.6. The first-order valence-electron chi connectivity index (χ1n) is 7.30. The third-order valence-corrected chi connectivity index (χ3v) is 3.99. The highest BCUT2D eigenvalue weighted by molar-refractivity contribution is 5.04. The van der Waals surface area contributed by atoms with Crippen LogP contribution in [0.25, 0.3) is 0 Å². The molecule has 19 heavy (non-hydrogen) atoms. The molecular weight excluding hydrogens is 238 g/mol. The van der Waals surface area contributed by atoms with Gasteiger partial charge in [0, 0.05) is 24.2 Å². The lowest BCUT2D eigenvalue weighted by atomic mass is 9.91. The van der Waals surface area contributed by atoms with Crippen molar-refractivity contribution in [2.75, 3.05) is 13.1 Å². The lowest BCUT2D eigenvalue weighted by Gasteiger charge is -2.40. The highest BCUT2D eigenvalue weighted by Gasteiger charge is 2.33. The minimum Gasteiger partial charge on any atom is -0.391 e. The molecule has 1 aromatic heterocycles. The molecule has 0 amide bonds. The van der Waals surface area contributed by atoms with Gasteiger partial charge in [-0.05, 0) is 46.9 Å². The fourth-order valence-electron chi connectivity index (χ4n) is 2.47. The summed E-state index contributed by atoms with van der Waals surface area (Å²) in [5, 5.41) is 15.0. The normalized spacial score (nSPS) is 14.4. The first kappa shape index (κ1) is 16.2. The number of aromatic nitrogens is 2. The predicted molar refractivity (Wildman–Crippen MR) is 79.3 cm³/mol. The van der Waals surface area contributed by atoms with E-state index in [9.17, 15) is 5.11 Å². The Morgan fingerprint density at radius 1 is 1.32 bits per heavy atom. The average molecular weight is 267 g/mol. The average Bonchev–Trinajstić information content (AvgIpc) is 2.78. The second kappa shape index (κ2) is 6.53. The largest absolute Gasteiger partial charge is 0.391 e. The summed E-state index contributed by atoms with van der Waals surface area (Å²) in [5.74, 6) is 0. The monoisotopic (exact) mass is 267 g/mol. The molecular formula is C15H29N3O. The second-order valence-electron chi connectivity index (χ2n) is 5.93. The van der Waals surface area contributed by atoms with Gasteiger partial charge in [-0.1, -0.05) is 13.8 Å². The molecule has 4 nitrogen and oxygen atoms in total. The molecule has 0 aromatic carbocycles. The van der Waals surface area contributed by atoms with Crippen LogP contribution in [-0.2, 0) is 6.42 Å². The van der Waals surface area contributed by atoms with Crippen molar-refractivity contribution in [1.82, 2.24) is 14.7 Å². The topological polar surface area (TPSA) is 41.3 Å². The zero-order valence-electron chi connectivity index (χ0n) is 13.2. The summed E-state index contributed by atoms with van der Waals surface area (Å²) in [5.41, 5.74) is 0.729. The summed E-state index contributed by atoms with van der Waals surface area (Å²) in [4.78, 5) is 2.29. The fraction of sp³-hybridized carbons (Fsp3) is 0.800. The van der Waals surface area contributed by atoms with Gasteiger partial charge in [0.05, 0.1) is 11.8 Å². The van der Waals surface area contributed by atoms with E-state index >= 15 is 0 Å². The number of hydrogen-bond donors (Lipinski definition) is 1. The van der Waals surface area contributed by atoms with Crippen LogP contribution in [0.1, 0.15) is 53.3 Å². The van der Waals surface area contributed by atoms with Gasteiger partial charge in [0.15, 0.2) is 0 Å². The van der Waals surface area contributed by atoms with Crippen LogP contribution in [-0.4, -0.2) is 44.5 Å². The Labute approximate surface area is 117 Å². The SMILES string of the molecule is CCN(CC)C(C)(C)C(O)Cc1ccn(C(C)C)n1. The first-order chi connectivity index (χ1) is 8.82. The molecule has 1 N–H and O–H groups in total. The van der Waals surface area contributed by atoms with E-state index in [0.29, 0.717) is 12.5 Å². The molecule has 0 saturated heterocycles. The van der Waals surface area contributed by atoms with Gasteiger partial charge in [-0.25, -0.2) is 0 Å². The van der Waals surface area contributed by atoms with Crippen molar-refractivity contribution >= 4 is 0 Å². The smallest absolute Gasteiger partial charge is 0.0774 e. The molecule has 0 spiro atoms. The van der Waals surface area contributed by atoms with Crippen molar-refractivity contribution in [3.63, 3.8) is 0 Å². The van der Waals surface area contributed by atoms with Crippen LogP contribution in [0, 0.1) is 0 Å². The van der Waals surface area contributed by atoms with Crippen LogP contribution in [0.2, 0.25) is 0 Å². The third kappa shape index (κ3) is 3.80. The molecule has 0 aliphatic carbocycles. The molecule has 0 saturated carbocycles. The predicted octanol–water partition coefficient (Wildman–Crippen LogP) is 2.49.